The average molecular weight is 223 g/mol. The van der Waals surface area contributed by atoms with Gasteiger partial charge in [-0.25, -0.2) is 4.98 Å². The van der Waals surface area contributed by atoms with Gasteiger partial charge in [0, 0.05) is 17.5 Å². The van der Waals surface area contributed by atoms with Gasteiger partial charge in [-0.05, 0) is 25.2 Å². The van der Waals surface area contributed by atoms with Crippen molar-refractivity contribution in [3.63, 3.8) is 0 Å². The van der Waals surface area contributed by atoms with Crippen LogP contribution in [0, 0.1) is 11.8 Å². The molecule has 1 aromatic heterocycles. The standard InChI is InChI=1S/C10H13N3OS/c14-13-9-7-2-1-6(5-7)8(9)12-10-11-3-4-15-10/h3-4,6-8,14H,1-2,5H2,(H,11,12)/b13-9+/t6-,7-,8-/m0/s1. The summed E-state index contributed by atoms with van der Waals surface area (Å²) in [5.74, 6) is 1.13. The summed E-state index contributed by atoms with van der Waals surface area (Å²) >= 11 is 1.59. The molecule has 2 N–H and O–H groups in total. The highest BCUT2D eigenvalue weighted by molar-refractivity contribution is 7.13. The number of nitrogens with zero attached hydrogens (tertiary/aromatic N) is 2. The van der Waals surface area contributed by atoms with E-state index in [4.69, 9.17) is 5.21 Å². The Balaban J connectivity index is 1.81. The molecule has 2 saturated carbocycles. The van der Waals surface area contributed by atoms with Gasteiger partial charge in [-0.2, -0.15) is 0 Å². The molecule has 0 amide bonds. The number of anilines is 1. The topological polar surface area (TPSA) is 57.5 Å². The lowest BCUT2D eigenvalue weighted by Crippen LogP contribution is -2.35. The molecule has 0 saturated heterocycles. The minimum atomic E-state index is 0.208. The number of rotatable bonds is 2. The molecule has 2 fully saturated rings. The van der Waals surface area contributed by atoms with Gasteiger partial charge in [-0.1, -0.05) is 5.16 Å². The van der Waals surface area contributed by atoms with Crippen molar-refractivity contribution in [3.05, 3.63) is 11.6 Å². The van der Waals surface area contributed by atoms with Crippen LogP contribution in [0.25, 0.3) is 0 Å². The fourth-order valence-corrected chi connectivity index (χ4v) is 3.41. The number of hydrogen-bond acceptors (Lipinski definition) is 5. The molecule has 0 spiro atoms. The Kier molecular flexibility index (Phi) is 2.12. The highest BCUT2D eigenvalue weighted by atomic mass is 32.1. The highest BCUT2D eigenvalue weighted by Crippen LogP contribution is 2.44. The second-order valence-electron chi connectivity index (χ2n) is 4.25. The molecule has 3 rings (SSSR count). The molecular weight excluding hydrogens is 210 g/mol. The third-order valence-corrected chi connectivity index (χ3v) is 4.21. The normalized spacial score (nSPS) is 36.3. The molecule has 2 bridgehead atoms. The van der Waals surface area contributed by atoms with Gasteiger partial charge in [0.05, 0.1) is 11.8 Å². The molecule has 1 aromatic rings. The fourth-order valence-electron chi connectivity index (χ4n) is 2.85. The summed E-state index contributed by atoms with van der Waals surface area (Å²) in [7, 11) is 0. The van der Waals surface area contributed by atoms with Crippen LogP contribution in [0.5, 0.6) is 0 Å². The van der Waals surface area contributed by atoms with E-state index in [9.17, 15) is 0 Å². The maximum Gasteiger partial charge on any atom is 0.183 e. The van der Waals surface area contributed by atoms with E-state index in [-0.39, 0.29) is 6.04 Å². The molecule has 0 aliphatic heterocycles. The van der Waals surface area contributed by atoms with Gasteiger partial charge in [-0.3, -0.25) is 0 Å². The van der Waals surface area contributed by atoms with Crippen molar-refractivity contribution in [1.82, 2.24) is 4.98 Å². The Hall–Kier alpha value is -1.10. The Morgan fingerprint density at radius 1 is 1.53 bits per heavy atom. The Morgan fingerprint density at radius 2 is 2.47 bits per heavy atom. The smallest absolute Gasteiger partial charge is 0.183 e. The highest BCUT2D eigenvalue weighted by Gasteiger charge is 2.45. The lowest BCUT2D eigenvalue weighted by atomic mass is 9.93. The molecule has 1 heterocycles. The lowest BCUT2D eigenvalue weighted by Gasteiger charge is -2.23. The SMILES string of the molecule is O/N=C1\[C@H]2CC[C@@H](C2)[C@@H]1Nc1nccs1. The zero-order valence-electron chi connectivity index (χ0n) is 8.26. The minimum absolute atomic E-state index is 0.208. The summed E-state index contributed by atoms with van der Waals surface area (Å²) in [6.45, 7) is 0. The molecule has 15 heavy (non-hydrogen) atoms. The van der Waals surface area contributed by atoms with Gasteiger partial charge >= 0.3 is 0 Å². The van der Waals surface area contributed by atoms with E-state index in [1.807, 2.05) is 5.38 Å². The van der Waals surface area contributed by atoms with Crippen LogP contribution in [0.4, 0.5) is 5.13 Å². The van der Waals surface area contributed by atoms with Crippen molar-refractivity contribution in [2.45, 2.75) is 25.3 Å². The summed E-state index contributed by atoms with van der Waals surface area (Å²) < 4.78 is 0. The van der Waals surface area contributed by atoms with Crippen LogP contribution >= 0.6 is 11.3 Å². The van der Waals surface area contributed by atoms with E-state index in [0.717, 1.165) is 10.8 Å². The molecular formula is C10H13N3OS. The van der Waals surface area contributed by atoms with Crippen LogP contribution in [0.2, 0.25) is 0 Å². The predicted molar refractivity (Wildman–Crippen MR) is 59.6 cm³/mol. The van der Waals surface area contributed by atoms with E-state index in [0.29, 0.717) is 11.8 Å². The molecule has 4 nitrogen and oxygen atoms in total. The molecule has 0 aromatic carbocycles. The van der Waals surface area contributed by atoms with E-state index in [2.05, 4.69) is 15.5 Å². The third-order valence-electron chi connectivity index (χ3n) is 3.51. The van der Waals surface area contributed by atoms with Crippen LogP contribution in [0.15, 0.2) is 16.7 Å². The average Bonchev–Trinajstić information content (AvgIpc) is 2.91. The van der Waals surface area contributed by atoms with E-state index in [1.165, 1.54) is 19.3 Å². The third kappa shape index (κ3) is 1.42. The summed E-state index contributed by atoms with van der Waals surface area (Å²) in [6.07, 6.45) is 5.38. The van der Waals surface area contributed by atoms with E-state index < -0.39 is 0 Å². The second kappa shape index (κ2) is 3.48. The first-order valence-corrected chi connectivity index (χ1v) is 6.14. The van der Waals surface area contributed by atoms with Crippen LogP contribution in [-0.2, 0) is 0 Å². The molecule has 2 aliphatic carbocycles. The Labute approximate surface area is 92.0 Å². The Bertz CT molecular complexity index is 376. The zero-order valence-corrected chi connectivity index (χ0v) is 9.07. The van der Waals surface area contributed by atoms with Crippen molar-refractivity contribution in [1.29, 1.82) is 0 Å². The number of hydrogen-bond donors (Lipinski definition) is 2. The van der Waals surface area contributed by atoms with Gasteiger partial charge in [-0.15, -0.1) is 11.3 Å². The van der Waals surface area contributed by atoms with Crippen molar-refractivity contribution in [3.8, 4) is 0 Å². The zero-order chi connectivity index (χ0) is 10.3. The lowest BCUT2D eigenvalue weighted by molar-refractivity contribution is 0.312. The summed E-state index contributed by atoms with van der Waals surface area (Å²) in [5.41, 5.74) is 0.932. The maximum atomic E-state index is 9.02. The number of nitrogens with one attached hydrogen (secondary N) is 1. The largest absolute Gasteiger partial charge is 0.411 e. The quantitative estimate of drug-likeness (QED) is 0.597. The fraction of sp³-hybridized carbons (Fsp3) is 0.600. The van der Waals surface area contributed by atoms with Crippen LogP contribution in [-0.4, -0.2) is 21.9 Å². The van der Waals surface area contributed by atoms with Crippen molar-refractivity contribution < 1.29 is 5.21 Å². The molecule has 80 valence electrons. The summed E-state index contributed by atoms with van der Waals surface area (Å²) in [4.78, 5) is 4.20. The first-order chi connectivity index (χ1) is 7.38. The molecule has 0 radical (unpaired) electrons. The van der Waals surface area contributed by atoms with Gasteiger partial charge < -0.3 is 10.5 Å². The van der Waals surface area contributed by atoms with Gasteiger partial charge in [0.15, 0.2) is 5.13 Å². The van der Waals surface area contributed by atoms with Crippen molar-refractivity contribution in [2.24, 2.45) is 17.0 Å². The van der Waals surface area contributed by atoms with Crippen LogP contribution in [0.3, 0.4) is 0 Å². The van der Waals surface area contributed by atoms with Crippen LogP contribution < -0.4 is 5.32 Å². The summed E-state index contributed by atoms with van der Waals surface area (Å²) in [6, 6.07) is 0.208. The second-order valence-corrected chi connectivity index (χ2v) is 5.15. The first-order valence-electron chi connectivity index (χ1n) is 5.26. The van der Waals surface area contributed by atoms with Crippen molar-refractivity contribution >= 4 is 22.2 Å². The van der Waals surface area contributed by atoms with E-state index in [1.54, 1.807) is 17.5 Å². The minimum Gasteiger partial charge on any atom is -0.411 e. The number of oxime groups is 1. The maximum absolute atomic E-state index is 9.02. The molecule has 3 atom stereocenters. The number of aromatic nitrogens is 1. The van der Waals surface area contributed by atoms with Crippen LogP contribution in [0.1, 0.15) is 19.3 Å². The molecule has 0 unspecified atom stereocenters. The van der Waals surface area contributed by atoms with Crippen molar-refractivity contribution in [2.75, 3.05) is 5.32 Å². The molecule has 2 aliphatic rings. The van der Waals surface area contributed by atoms with E-state index >= 15 is 0 Å². The first kappa shape index (κ1) is 9.15. The van der Waals surface area contributed by atoms with Gasteiger partial charge in [0.1, 0.15) is 0 Å². The number of thiazole rings is 1. The number of fused-ring (bicyclic) bond motifs is 2. The Morgan fingerprint density at radius 3 is 3.20 bits per heavy atom. The van der Waals surface area contributed by atoms with Gasteiger partial charge in [0.25, 0.3) is 0 Å². The molecule has 5 heteroatoms. The summed E-state index contributed by atoms with van der Waals surface area (Å²) in [5, 5.41) is 18.7. The monoisotopic (exact) mass is 223 g/mol. The predicted octanol–water partition coefficient (Wildman–Crippen LogP) is 2.18. The van der Waals surface area contributed by atoms with Gasteiger partial charge in [0.2, 0.25) is 0 Å².